The van der Waals surface area contributed by atoms with E-state index in [1.165, 1.54) is 0 Å². The van der Waals surface area contributed by atoms with E-state index in [9.17, 15) is 13.2 Å². The molecule has 2 aromatic carbocycles. The molecule has 6 nitrogen and oxygen atoms in total. The van der Waals surface area contributed by atoms with Crippen LogP contribution in [-0.4, -0.2) is 63.7 Å². The molecule has 4 rings (SSSR count). The molecular weight excluding hydrogens is 352 g/mol. The Bertz CT molecular complexity index is 952. The molecule has 0 unspecified atom stereocenters. The lowest BCUT2D eigenvalue weighted by molar-refractivity contribution is 0.0934. The van der Waals surface area contributed by atoms with Gasteiger partial charge in [-0.1, -0.05) is 24.3 Å². The molecule has 1 saturated heterocycles. The van der Waals surface area contributed by atoms with Crippen LogP contribution in [-0.2, 0) is 14.6 Å². The van der Waals surface area contributed by atoms with Crippen LogP contribution in [0.1, 0.15) is 16.8 Å². The van der Waals surface area contributed by atoms with Gasteiger partial charge in [-0.3, -0.25) is 14.6 Å². The normalized spacial score (nSPS) is 21.2. The molecule has 1 fully saturated rings. The first-order valence-electron chi connectivity index (χ1n) is 8.77. The molecule has 1 atom stereocenters. The van der Waals surface area contributed by atoms with Crippen molar-refractivity contribution >= 4 is 32.2 Å². The van der Waals surface area contributed by atoms with Gasteiger partial charge in [0.15, 0.2) is 9.84 Å². The number of amides is 1. The first-order valence-corrected chi connectivity index (χ1v) is 10.6. The molecule has 0 bridgehead atoms. The van der Waals surface area contributed by atoms with Crippen molar-refractivity contribution in [2.45, 2.75) is 12.5 Å². The van der Waals surface area contributed by atoms with Crippen LogP contribution in [0.4, 0.5) is 5.69 Å². The largest absolute Gasteiger partial charge is 0.383 e. The fraction of sp³-hybridized carbons (Fsp3) is 0.421. The summed E-state index contributed by atoms with van der Waals surface area (Å²) in [5, 5.41) is 2.02. The van der Waals surface area contributed by atoms with Gasteiger partial charge in [0.2, 0.25) is 0 Å². The molecule has 7 heteroatoms. The number of hydrogen-bond acceptors (Lipinski definition) is 5. The van der Waals surface area contributed by atoms with Gasteiger partial charge >= 0.3 is 0 Å². The molecule has 0 aromatic heterocycles. The van der Waals surface area contributed by atoms with Crippen molar-refractivity contribution in [3.05, 3.63) is 42.0 Å². The standard InChI is InChI=1S/C19H22N2O4S/c1-25-10-9-20(15-8-11-26(23,24)12-15)13-21-17-7-3-5-14-4-2-6-16(18(14)17)19(21)22/h2-7,15H,8-13H2,1H3/t15-/m0/s1. The summed E-state index contributed by atoms with van der Waals surface area (Å²) >= 11 is 0. The summed E-state index contributed by atoms with van der Waals surface area (Å²) in [6, 6.07) is 11.6. The number of nitrogens with zero attached hydrogens (tertiary/aromatic N) is 2. The Kier molecular flexibility index (Phi) is 4.46. The molecule has 0 N–H and O–H groups in total. The average Bonchev–Trinajstić information content (AvgIpc) is 3.12. The predicted molar refractivity (Wildman–Crippen MR) is 101 cm³/mol. The summed E-state index contributed by atoms with van der Waals surface area (Å²) < 4.78 is 29.0. The first kappa shape index (κ1) is 17.5. The maximum Gasteiger partial charge on any atom is 0.260 e. The number of sulfone groups is 1. The predicted octanol–water partition coefficient (Wildman–Crippen LogP) is 1.89. The summed E-state index contributed by atoms with van der Waals surface area (Å²) in [5.41, 5.74) is 1.61. The van der Waals surface area contributed by atoms with Gasteiger partial charge < -0.3 is 4.74 Å². The molecule has 2 aliphatic rings. The van der Waals surface area contributed by atoms with Crippen molar-refractivity contribution in [2.75, 3.05) is 43.3 Å². The van der Waals surface area contributed by atoms with Crippen LogP contribution in [0, 0.1) is 0 Å². The zero-order valence-electron chi connectivity index (χ0n) is 14.7. The van der Waals surface area contributed by atoms with E-state index in [1.807, 2.05) is 36.4 Å². The summed E-state index contributed by atoms with van der Waals surface area (Å²) in [5.74, 6) is 0.334. The SMILES string of the molecule is COCCN(CN1C(=O)c2cccc3cccc1c23)[C@H]1CCS(=O)(=O)C1. The topological polar surface area (TPSA) is 66.9 Å². The number of carbonyl (C=O) groups is 1. The highest BCUT2D eigenvalue weighted by atomic mass is 32.2. The van der Waals surface area contributed by atoms with Crippen molar-refractivity contribution in [1.82, 2.24) is 4.90 Å². The van der Waals surface area contributed by atoms with Crippen LogP contribution in [0.3, 0.4) is 0 Å². The third kappa shape index (κ3) is 3.00. The maximum atomic E-state index is 13.0. The monoisotopic (exact) mass is 374 g/mol. The van der Waals surface area contributed by atoms with E-state index in [0.29, 0.717) is 31.8 Å². The Hall–Kier alpha value is -1.96. The minimum Gasteiger partial charge on any atom is -0.383 e. The van der Waals surface area contributed by atoms with E-state index in [-0.39, 0.29) is 23.5 Å². The Morgan fingerprint density at radius 1 is 1.23 bits per heavy atom. The molecule has 1 amide bonds. The molecule has 0 radical (unpaired) electrons. The molecule has 0 spiro atoms. The van der Waals surface area contributed by atoms with E-state index >= 15 is 0 Å². The van der Waals surface area contributed by atoms with E-state index in [1.54, 1.807) is 12.0 Å². The van der Waals surface area contributed by atoms with Crippen LogP contribution in [0.2, 0.25) is 0 Å². The smallest absolute Gasteiger partial charge is 0.260 e. The number of rotatable bonds is 6. The lowest BCUT2D eigenvalue weighted by Gasteiger charge is -2.32. The maximum absolute atomic E-state index is 13.0. The molecule has 2 heterocycles. The van der Waals surface area contributed by atoms with Crippen LogP contribution in [0.5, 0.6) is 0 Å². The summed E-state index contributed by atoms with van der Waals surface area (Å²) in [7, 11) is -1.37. The lowest BCUT2D eigenvalue weighted by Crippen LogP contribution is -2.47. The Labute approximate surface area is 153 Å². The third-order valence-corrected chi connectivity index (χ3v) is 7.03. The molecular formula is C19H22N2O4S. The molecule has 26 heavy (non-hydrogen) atoms. The van der Waals surface area contributed by atoms with E-state index in [0.717, 1.165) is 16.5 Å². The minimum atomic E-state index is -2.99. The van der Waals surface area contributed by atoms with Gasteiger partial charge in [0.1, 0.15) is 0 Å². The number of methoxy groups -OCH3 is 1. The number of hydrogen-bond donors (Lipinski definition) is 0. The Morgan fingerprint density at radius 2 is 2.00 bits per heavy atom. The second kappa shape index (κ2) is 6.64. The van der Waals surface area contributed by atoms with Gasteiger partial charge in [-0.15, -0.1) is 0 Å². The summed E-state index contributed by atoms with van der Waals surface area (Å²) in [6.07, 6.45) is 0.602. The van der Waals surface area contributed by atoms with Gasteiger partial charge in [0.05, 0.1) is 30.5 Å². The van der Waals surface area contributed by atoms with E-state index < -0.39 is 9.84 Å². The molecule has 138 valence electrons. The van der Waals surface area contributed by atoms with Crippen molar-refractivity contribution in [1.29, 1.82) is 0 Å². The average molecular weight is 374 g/mol. The van der Waals surface area contributed by atoms with Gasteiger partial charge in [-0.05, 0) is 23.9 Å². The van der Waals surface area contributed by atoms with E-state index in [2.05, 4.69) is 4.90 Å². The zero-order valence-corrected chi connectivity index (χ0v) is 15.5. The second-order valence-electron chi connectivity index (χ2n) is 6.92. The minimum absolute atomic E-state index is 0.0277. The van der Waals surface area contributed by atoms with Crippen molar-refractivity contribution in [3.63, 3.8) is 0 Å². The van der Waals surface area contributed by atoms with Crippen molar-refractivity contribution in [3.8, 4) is 0 Å². The van der Waals surface area contributed by atoms with Gasteiger partial charge in [0.25, 0.3) is 5.91 Å². The number of ether oxygens (including phenoxy) is 1. The second-order valence-corrected chi connectivity index (χ2v) is 9.15. The molecule has 2 aromatic rings. The van der Waals surface area contributed by atoms with Crippen LogP contribution in [0.15, 0.2) is 36.4 Å². The Morgan fingerprint density at radius 3 is 2.69 bits per heavy atom. The van der Waals surface area contributed by atoms with E-state index in [4.69, 9.17) is 4.74 Å². The molecule has 0 saturated carbocycles. The molecule has 0 aliphatic carbocycles. The van der Waals surface area contributed by atoms with Crippen LogP contribution < -0.4 is 4.90 Å². The van der Waals surface area contributed by atoms with Crippen molar-refractivity contribution in [2.24, 2.45) is 0 Å². The quantitative estimate of drug-likeness (QED) is 0.773. The number of anilines is 1. The van der Waals surface area contributed by atoms with Crippen molar-refractivity contribution < 1.29 is 17.9 Å². The first-order chi connectivity index (χ1) is 12.5. The Balaban J connectivity index is 1.64. The summed E-state index contributed by atoms with van der Waals surface area (Å²) in [4.78, 5) is 16.8. The zero-order chi connectivity index (χ0) is 18.3. The fourth-order valence-electron chi connectivity index (χ4n) is 3.94. The highest BCUT2D eigenvalue weighted by molar-refractivity contribution is 7.91. The van der Waals surface area contributed by atoms with Gasteiger partial charge in [-0.25, -0.2) is 8.42 Å². The van der Waals surface area contributed by atoms with Crippen LogP contribution >= 0.6 is 0 Å². The van der Waals surface area contributed by atoms with Crippen LogP contribution in [0.25, 0.3) is 10.8 Å². The molecule has 2 aliphatic heterocycles. The van der Waals surface area contributed by atoms with Gasteiger partial charge in [-0.2, -0.15) is 0 Å². The highest BCUT2D eigenvalue weighted by Crippen LogP contribution is 2.37. The lowest BCUT2D eigenvalue weighted by atomic mass is 10.1. The number of benzene rings is 2. The third-order valence-electron chi connectivity index (χ3n) is 5.28. The fourth-order valence-corrected chi connectivity index (χ4v) is 5.70. The van der Waals surface area contributed by atoms with Gasteiger partial charge in [0, 0.05) is 30.6 Å². The highest BCUT2D eigenvalue weighted by Gasteiger charge is 2.36. The summed E-state index contributed by atoms with van der Waals surface area (Å²) in [6.45, 7) is 1.46. The number of carbonyl (C=O) groups excluding carboxylic acids is 1.